The van der Waals surface area contributed by atoms with E-state index in [0.717, 1.165) is 11.0 Å². The molecule has 1 rings (SSSR count). The summed E-state index contributed by atoms with van der Waals surface area (Å²) in [5.41, 5.74) is 0. The van der Waals surface area contributed by atoms with Crippen LogP contribution < -0.4 is 5.32 Å². The van der Waals surface area contributed by atoms with Gasteiger partial charge in [0.25, 0.3) is 0 Å². The average molecular weight is 326 g/mol. The van der Waals surface area contributed by atoms with Crippen LogP contribution in [-0.2, 0) is 16.4 Å². The predicted molar refractivity (Wildman–Crippen MR) is 72.7 cm³/mol. The maximum Gasteiger partial charge on any atom is 0.151 e. The van der Waals surface area contributed by atoms with Gasteiger partial charge in [0, 0.05) is 33.6 Å². The molecule has 0 atom stereocenters. The van der Waals surface area contributed by atoms with Crippen LogP contribution in [0.1, 0.15) is 18.2 Å². The maximum absolute atomic E-state index is 11.4. The van der Waals surface area contributed by atoms with E-state index in [2.05, 4.69) is 21.2 Å². The van der Waals surface area contributed by atoms with E-state index in [-0.39, 0.29) is 5.75 Å². The highest BCUT2D eigenvalue weighted by molar-refractivity contribution is 9.10. The highest BCUT2D eigenvalue weighted by Crippen LogP contribution is 2.19. The molecule has 0 saturated carbocycles. The summed E-state index contributed by atoms with van der Waals surface area (Å²) >= 11 is 5.04. The van der Waals surface area contributed by atoms with Gasteiger partial charge < -0.3 is 5.32 Å². The number of thiophene rings is 1. The van der Waals surface area contributed by atoms with Gasteiger partial charge >= 0.3 is 0 Å². The Bertz CT molecular complexity index is 414. The van der Waals surface area contributed by atoms with Gasteiger partial charge in [-0.15, -0.1) is 11.3 Å². The second-order valence-electron chi connectivity index (χ2n) is 3.56. The van der Waals surface area contributed by atoms with E-state index in [0.29, 0.717) is 18.7 Å². The highest BCUT2D eigenvalue weighted by atomic mass is 79.9. The summed E-state index contributed by atoms with van der Waals surface area (Å²) in [6.07, 6.45) is 0.695. The molecular formula is C10H16BrNO2S2. The number of rotatable bonds is 7. The van der Waals surface area contributed by atoms with Crippen LogP contribution in [0.5, 0.6) is 0 Å². The third-order valence-electron chi connectivity index (χ3n) is 2.03. The third kappa shape index (κ3) is 5.43. The summed E-state index contributed by atoms with van der Waals surface area (Å²) in [7, 11) is -2.85. The third-order valence-corrected chi connectivity index (χ3v) is 5.58. The number of hydrogen-bond donors (Lipinski definition) is 1. The summed E-state index contributed by atoms with van der Waals surface area (Å²) in [5, 5.41) is 5.16. The first kappa shape index (κ1) is 14.2. The molecule has 0 aromatic carbocycles. The lowest BCUT2D eigenvalue weighted by molar-refractivity contribution is 0.589. The summed E-state index contributed by atoms with van der Waals surface area (Å²) in [6.45, 7) is 3.14. The minimum absolute atomic E-state index is 0.230. The van der Waals surface area contributed by atoms with Crippen LogP contribution in [0.15, 0.2) is 15.9 Å². The second kappa shape index (κ2) is 6.74. The van der Waals surface area contributed by atoms with Gasteiger partial charge in [0.15, 0.2) is 9.84 Å². The Morgan fingerprint density at radius 3 is 2.75 bits per heavy atom. The molecule has 1 aromatic heterocycles. The summed E-state index contributed by atoms with van der Waals surface area (Å²) in [4.78, 5) is 1.21. The molecule has 0 fully saturated rings. The van der Waals surface area contributed by atoms with Gasteiger partial charge in [0.2, 0.25) is 0 Å². The Kier molecular flexibility index (Phi) is 5.96. The van der Waals surface area contributed by atoms with Crippen molar-refractivity contribution in [3.63, 3.8) is 0 Å². The Balaban J connectivity index is 2.22. The molecule has 0 radical (unpaired) electrons. The van der Waals surface area contributed by atoms with E-state index in [4.69, 9.17) is 0 Å². The predicted octanol–water partition coefficient (Wildman–Crippen LogP) is 2.42. The Morgan fingerprint density at radius 1 is 1.44 bits per heavy atom. The second-order valence-corrected chi connectivity index (χ2v) is 7.77. The SMILES string of the molecule is CCCS(=O)(=O)CCNCc1cc(Br)cs1. The van der Waals surface area contributed by atoms with Crippen LogP contribution in [0.2, 0.25) is 0 Å². The van der Waals surface area contributed by atoms with Gasteiger partial charge in [-0.05, 0) is 28.4 Å². The lowest BCUT2D eigenvalue weighted by atomic mass is 10.4. The van der Waals surface area contributed by atoms with E-state index in [1.807, 2.05) is 18.4 Å². The van der Waals surface area contributed by atoms with Crippen molar-refractivity contribution in [3.05, 3.63) is 20.8 Å². The van der Waals surface area contributed by atoms with Gasteiger partial charge in [-0.3, -0.25) is 0 Å². The molecule has 1 aromatic rings. The van der Waals surface area contributed by atoms with E-state index in [1.54, 1.807) is 11.3 Å². The fourth-order valence-electron chi connectivity index (χ4n) is 1.30. The lowest BCUT2D eigenvalue weighted by Gasteiger charge is -2.03. The Morgan fingerprint density at radius 2 is 2.19 bits per heavy atom. The normalized spacial score (nSPS) is 11.9. The fourth-order valence-corrected chi connectivity index (χ4v) is 4.00. The van der Waals surface area contributed by atoms with Crippen molar-refractivity contribution in [1.29, 1.82) is 0 Å². The first-order chi connectivity index (χ1) is 7.53. The lowest BCUT2D eigenvalue weighted by Crippen LogP contribution is -2.23. The first-order valence-electron chi connectivity index (χ1n) is 5.17. The van der Waals surface area contributed by atoms with Crippen molar-refractivity contribution in [2.45, 2.75) is 19.9 Å². The number of hydrogen-bond acceptors (Lipinski definition) is 4. The molecule has 0 saturated heterocycles. The topological polar surface area (TPSA) is 46.2 Å². The zero-order valence-electron chi connectivity index (χ0n) is 9.20. The average Bonchev–Trinajstić information content (AvgIpc) is 2.59. The molecule has 1 heterocycles. The molecule has 6 heteroatoms. The standard InChI is InChI=1S/C10H16BrNO2S2/c1-2-4-16(13,14)5-3-12-7-10-6-9(11)8-15-10/h6,8,12H,2-5,7H2,1H3. The Labute approximate surface area is 109 Å². The monoisotopic (exact) mass is 325 g/mol. The number of sulfone groups is 1. The van der Waals surface area contributed by atoms with E-state index in [9.17, 15) is 8.42 Å². The maximum atomic E-state index is 11.4. The van der Waals surface area contributed by atoms with Crippen LogP contribution in [0.25, 0.3) is 0 Å². The molecule has 0 amide bonds. The highest BCUT2D eigenvalue weighted by Gasteiger charge is 2.08. The van der Waals surface area contributed by atoms with Gasteiger partial charge in [0.05, 0.1) is 5.75 Å². The first-order valence-corrected chi connectivity index (χ1v) is 8.67. The van der Waals surface area contributed by atoms with Crippen LogP contribution in [0.4, 0.5) is 0 Å². The van der Waals surface area contributed by atoms with Gasteiger partial charge in [-0.2, -0.15) is 0 Å². The van der Waals surface area contributed by atoms with Crippen molar-refractivity contribution in [2.24, 2.45) is 0 Å². The molecule has 0 aliphatic carbocycles. The summed E-state index contributed by atoms with van der Waals surface area (Å²) in [5.74, 6) is 0.520. The molecule has 16 heavy (non-hydrogen) atoms. The fraction of sp³-hybridized carbons (Fsp3) is 0.600. The zero-order chi connectivity index (χ0) is 12.0. The summed E-state index contributed by atoms with van der Waals surface area (Å²) < 4.78 is 23.9. The smallest absolute Gasteiger partial charge is 0.151 e. The number of nitrogens with one attached hydrogen (secondary N) is 1. The van der Waals surface area contributed by atoms with Crippen molar-refractivity contribution < 1.29 is 8.42 Å². The molecule has 0 bridgehead atoms. The van der Waals surface area contributed by atoms with Crippen LogP contribution >= 0.6 is 27.3 Å². The van der Waals surface area contributed by atoms with Crippen molar-refractivity contribution in [2.75, 3.05) is 18.1 Å². The molecule has 0 aliphatic heterocycles. The molecule has 1 N–H and O–H groups in total. The Hall–Kier alpha value is 0.0900. The molecule has 0 aliphatic rings. The largest absolute Gasteiger partial charge is 0.311 e. The van der Waals surface area contributed by atoms with Crippen molar-refractivity contribution in [1.82, 2.24) is 5.32 Å². The minimum atomic E-state index is -2.85. The van der Waals surface area contributed by atoms with E-state index < -0.39 is 9.84 Å². The molecule has 92 valence electrons. The van der Waals surface area contributed by atoms with Crippen LogP contribution in [-0.4, -0.2) is 26.5 Å². The van der Waals surface area contributed by atoms with E-state index in [1.165, 1.54) is 4.88 Å². The van der Waals surface area contributed by atoms with Crippen molar-refractivity contribution >= 4 is 37.1 Å². The van der Waals surface area contributed by atoms with Crippen LogP contribution in [0, 0.1) is 0 Å². The van der Waals surface area contributed by atoms with Gasteiger partial charge in [-0.1, -0.05) is 6.92 Å². The molecule has 0 unspecified atom stereocenters. The van der Waals surface area contributed by atoms with Gasteiger partial charge in [-0.25, -0.2) is 8.42 Å². The minimum Gasteiger partial charge on any atom is -0.311 e. The van der Waals surface area contributed by atoms with E-state index >= 15 is 0 Å². The zero-order valence-corrected chi connectivity index (χ0v) is 12.4. The summed E-state index contributed by atoms with van der Waals surface area (Å²) in [6, 6.07) is 2.04. The van der Waals surface area contributed by atoms with Gasteiger partial charge in [0.1, 0.15) is 0 Å². The molecular weight excluding hydrogens is 310 g/mol. The molecule has 3 nitrogen and oxygen atoms in total. The molecule has 0 spiro atoms. The van der Waals surface area contributed by atoms with Crippen LogP contribution in [0.3, 0.4) is 0 Å². The quantitative estimate of drug-likeness (QED) is 0.783. The number of halogens is 1. The van der Waals surface area contributed by atoms with Crippen molar-refractivity contribution in [3.8, 4) is 0 Å².